The van der Waals surface area contributed by atoms with Crippen LogP contribution < -0.4 is 14.9 Å². The number of rotatable bonds is 6. The van der Waals surface area contributed by atoms with Crippen LogP contribution in [0.15, 0.2) is 60.3 Å². The first-order valence-electron chi connectivity index (χ1n) is 9.94. The summed E-state index contributed by atoms with van der Waals surface area (Å²) in [6.07, 6.45) is -6.52. The van der Waals surface area contributed by atoms with E-state index in [0.29, 0.717) is 22.6 Å². The van der Waals surface area contributed by atoms with Crippen LogP contribution in [0.1, 0.15) is 10.4 Å². The van der Waals surface area contributed by atoms with Crippen molar-refractivity contribution >= 4 is 16.8 Å². The number of carbonyl (C=O) groups excluding carboxylic acids is 1. The number of amides is 1. The molecule has 1 unspecified atom stereocenters. The van der Waals surface area contributed by atoms with Crippen molar-refractivity contribution in [2.45, 2.75) is 18.6 Å². The lowest BCUT2D eigenvalue weighted by Gasteiger charge is -2.32. The lowest BCUT2D eigenvalue weighted by atomic mass is 10.0. The second-order valence-electron chi connectivity index (χ2n) is 7.38. The zero-order valence-electron chi connectivity index (χ0n) is 17.9. The van der Waals surface area contributed by atoms with Crippen LogP contribution >= 0.6 is 0 Å². The number of methoxy groups -OCH3 is 2. The van der Waals surface area contributed by atoms with Gasteiger partial charge in [0.1, 0.15) is 0 Å². The first-order valence-corrected chi connectivity index (χ1v) is 9.94. The highest BCUT2D eigenvalue weighted by Crippen LogP contribution is 2.35. The summed E-state index contributed by atoms with van der Waals surface area (Å²) in [5, 5.41) is 10.8. The van der Waals surface area contributed by atoms with Crippen LogP contribution in [0.25, 0.3) is 22.2 Å². The van der Waals surface area contributed by atoms with E-state index in [9.17, 15) is 27.5 Å². The number of carbonyl (C=O) groups is 1. The van der Waals surface area contributed by atoms with E-state index in [1.165, 1.54) is 26.4 Å². The zero-order valence-corrected chi connectivity index (χ0v) is 17.9. The molecule has 2 aromatic carbocycles. The number of aromatic nitrogens is 1. The minimum absolute atomic E-state index is 0.110. The van der Waals surface area contributed by atoms with Crippen molar-refractivity contribution in [3.05, 3.63) is 65.9 Å². The van der Waals surface area contributed by atoms with E-state index in [1.54, 1.807) is 36.4 Å². The predicted octanol–water partition coefficient (Wildman–Crippen LogP) is 3.98. The fraction of sp³-hybridized carbons (Fsp3) is 0.217. The van der Waals surface area contributed by atoms with Crippen molar-refractivity contribution in [1.82, 2.24) is 15.4 Å². The second-order valence-corrected chi connectivity index (χ2v) is 7.38. The third kappa shape index (κ3) is 3.87. The van der Waals surface area contributed by atoms with Crippen molar-refractivity contribution in [3.63, 3.8) is 0 Å². The topological polar surface area (TPSA) is 83.9 Å². The number of hydrogen-bond acceptors (Lipinski definition) is 6. The molecule has 178 valence electrons. The number of halogens is 4. The molecule has 1 aromatic heterocycles. The van der Waals surface area contributed by atoms with Crippen LogP contribution in [0.5, 0.6) is 11.5 Å². The number of fused-ring (bicyclic) bond motifs is 1. The summed E-state index contributed by atoms with van der Waals surface area (Å²) in [7, 11) is 2.92. The Morgan fingerprint density at radius 2 is 1.76 bits per heavy atom. The molecule has 0 bridgehead atoms. The van der Waals surface area contributed by atoms with Crippen LogP contribution in [-0.2, 0) is 0 Å². The normalized spacial score (nSPS) is 17.8. The predicted molar refractivity (Wildman–Crippen MR) is 115 cm³/mol. The van der Waals surface area contributed by atoms with Gasteiger partial charge < -0.3 is 14.6 Å². The molecule has 4 rings (SSSR count). The molecule has 2 N–H and O–H groups in total. The van der Waals surface area contributed by atoms with E-state index in [4.69, 9.17) is 9.47 Å². The van der Waals surface area contributed by atoms with Gasteiger partial charge in [0, 0.05) is 17.0 Å². The van der Waals surface area contributed by atoms with Crippen LogP contribution in [-0.4, -0.2) is 53.8 Å². The maximum absolute atomic E-state index is 13.7. The lowest BCUT2D eigenvalue weighted by molar-refractivity contribution is -0.146. The summed E-state index contributed by atoms with van der Waals surface area (Å²) in [6.45, 7) is 0. The number of aliphatic hydroxyl groups is 1. The maximum atomic E-state index is 13.7. The van der Waals surface area contributed by atoms with Crippen molar-refractivity contribution in [2.75, 3.05) is 14.2 Å². The maximum Gasteiger partial charge on any atom is 0.291 e. The van der Waals surface area contributed by atoms with E-state index < -0.39 is 30.2 Å². The van der Waals surface area contributed by atoms with E-state index in [1.807, 2.05) is 5.43 Å². The Hall–Kier alpha value is -3.86. The molecule has 1 amide bonds. The summed E-state index contributed by atoms with van der Waals surface area (Å²) >= 11 is 0. The minimum atomic E-state index is -3.56. The smallest absolute Gasteiger partial charge is 0.291 e. The summed E-state index contributed by atoms with van der Waals surface area (Å²) in [5.74, 6) is -0.297. The first-order chi connectivity index (χ1) is 16.2. The van der Waals surface area contributed by atoms with E-state index in [2.05, 4.69) is 4.98 Å². The number of hydrazine groups is 1. The molecule has 7 nitrogen and oxygen atoms in total. The highest BCUT2D eigenvalue weighted by molar-refractivity contribution is 6.07. The van der Waals surface area contributed by atoms with Gasteiger partial charge in [0.25, 0.3) is 18.8 Å². The fourth-order valence-corrected chi connectivity index (χ4v) is 3.65. The van der Waals surface area contributed by atoms with Crippen molar-refractivity contribution < 1.29 is 36.9 Å². The molecule has 0 radical (unpaired) electrons. The summed E-state index contributed by atoms with van der Waals surface area (Å²) in [5.41, 5.74) is -1.33. The lowest BCUT2D eigenvalue weighted by Crippen LogP contribution is -2.56. The molecule has 34 heavy (non-hydrogen) atoms. The van der Waals surface area contributed by atoms with Gasteiger partial charge in [-0.25, -0.2) is 27.6 Å². The van der Waals surface area contributed by atoms with Gasteiger partial charge >= 0.3 is 0 Å². The Kier molecular flexibility index (Phi) is 6.05. The molecule has 1 aliphatic rings. The number of ether oxygens (including phenoxy) is 2. The molecule has 2 heterocycles. The van der Waals surface area contributed by atoms with E-state index in [-0.39, 0.29) is 27.7 Å². The number of pyridine rings is 1. The van der Waals surface area contributed by atoms with Gasteiger partial charge in [-0.1, -0.05) is 18.2 Å². The fourth-order valence-electron chi connectivity index (χ4n) is 3.65. The van der Waals surface area contributed by atoms with Crippen LogP contribution in [0, 0.1) is 0 Å². The Bertz CT molecular complexity index is 1280. The van der Waals surface area contributed by atoms with Gasteiger partial charge in [0.2, 0.25) is 5.72 Å². The molecule has 0 aliphatic carbocycles. The summed E-state index contributed by atoms with van der Waals surface area (Å²) in [6, 6.07) is 12.7. The number of alkyl halides is 4. The molecular formula is C23H19F4N3O4. The van der Waals surface area contributed by atoms with Crippen molar-refractivity contribution in [2.24, 2.45) is 0 Å². The minimum Gasteiger partial charge on any atom is -0.493 e. The number of nitrogens with one attached hydrogen (secondary N) is 1. The molecule has 1 aliphatic heterocycles. The molecule has 0 fully saturated rings. The highest BCUT2D eigenvalue weighted by Gasteiger charge is 2.51. The van der Waals surface area contributed by atoms with Crippen molar-refractivity contribution in [1.29, 1.82) is 0 Å². The number of benzene rings is 2. The Labute approximate surface area is 191 Å². The van der Waals surface area contributed by atoms with Crippen LogP contribution in [0.3, 0.4) is 0 Å². The molecule has 3 aromatic rings. The summed E-state index contributed by atoms with van der Waals surface area (Å²) < 4.78 is 64.3. The average molecular weight is 477 g/mol. The number of allylic oxidation sites excluding steroid dienone is 1. The molecule has 11 heteroatoms. The van der Waals surface area contributed by atoms with Gasteiger partial charge in [0.05, 0.1) is 36.7 Å². The zero-order chi connectivity index (χ0) is 24.6. The molecule has 0 saturated heterocycles. The monoisotopic (exact) mass is 477 g/mol. The Balaban J connectivity index is 1.86. The Morgan fingerprint density at radius 3 is 2.41 bits per heavy atom. The molecule has 1 atom stereocenters. The van der Waals surface area contributed by atoms with Gasteiger partial charge in [-0.2, -0.15) is 0 Å². The third-order valence-corrected chi connectivity index (χ3v) is 5.35. The Morgan fingerprint density at radius 1 is 1.06 bits per heavy atom. The van der Waals surface area contributed by atoms with E-state index in [0.717, 1.165) is 0 Å². The second kappa shape index (κ2) is 8.82. The van der Waals surface area contributed by atoms with Crippen molar-refractivity contribution in [3.8, 4) is 22.8 Å². The molecule has 0 saturated carbocycles. The largest absolute Gasteiger partial charge is 0.493 e. The highest BCUT2D eigenvalue weighted by atomic mass is 19.3. The molecular weight excluding hydrogens is 458 g/mol. The van der Waals surface area contributed by atoms with E-state index >= 15 is 0 Å². The van der Waals surface area contributed by atoms with Gasteiger partial charge in [-0.05, 0) is 30.3 Å². The molecule has 0 spiro atoms. The van der Waals surface area contributed by atoms with Gasteiger partial charge in [0.15, 0.2) is 11.5 Å². The first kappa shape index (κ1) is 23.3. The number of para-hydroxylation sites is 1. The van der Waals surface area contributed by atoms with Crippen LogP contribution in [0.4, 0.5) is 17.6 Å². The summed E-state index contributed by atoms with van der Waals surface area (Å²) in [4.78, 5) is 17.9. The standard InChI is InChI=1S/C23H19F4N3O4/c1-33-18-8-7-12(9-19(18)34-2)16-10-14(13-5-3-4-6-15(13)28-16)21(31)30-23(32,22(26)27)11-17(29-30)20(24)25/h3-11,20,22,29,32H,1-2H3. The van der Waals surface area contributed by atoms with Gasteiger partial charge in [-0.3, -0.25) is 10.2 Å². The van der Waals surface area contributed by atoms with Gasteiger partial charge in [-0.15, -0.1) is 0 Å². The number of nitrogens with zero attached hydrogens (tertiary/aromatic N) is 2. The average Bonchev–Trinajstić information content (AvgIpc) is 3.21. The third-order valence-electron chi connectivity index (χ3n) is 5.35. The van der Waals surface area contributed by atoms with Crippen LogP contribution in [0.2, 0.25) is 0 Å². The quantitative estimate of drug-likeness (QED) is 0.523. The SMILES string of the molecule is COc1ccc(-c2cc(C(=O)N3NC(C(F)F)=CC3(O)C(F)F)c3ccccc3n2)cc1OC. The number of hydrogen-bond donors (Lipinski definition) is 2.